The van der Waals surface area contributed by atoms with E-state index in [0.717, 1.165) is 0 Å². The zero-order chi connectivity index (χ0) is 19.4. The van der Waals surface area contributed by atoms with Gasteiger partial charge in [0.2, 0.25) is 5.91 Å². The Morgan fingerprint density at radius 3 is 2.67 bits per heavy atom. The number of hydrogen-bond acceptors (Lipinski definition) is 6. The molecule has 0 bridgehead atoms. The number of non-ortho nitro benzene ring substituents is 1. The van der Waals surface area contributed by atoms with Gasteiger partial charge in [-0.1, -0.05) is 6.07 Å². The number of phenols is 1. The highest BCUT2D eigenvalue weighted by molar-refractivity contribution is 7.12. The number of amides is 2. The van der Waals surface area contributed by atoms with E-state index in [0.29, 0.717) is 36.4 Å². The number of nitrogens with one attached hydrogen (secondary N) is 1. The van der Waals surface area contributed by atoms with E-state index in [1.165, 1.54) is 29.5 Å². The maximum absolute atomic E-state index is 12.4. The Labute approximate surface area is 159 Å². The monoisotopic (exact) mass is 389 g/mol. The van der Waals surface area contributed by atoms with Gasteiger partial charge in [0.15, 0.2) is 0 Å². The fraction of sp³-hybridized carbons (Fsp3) is 0.333. The van der Waals surface area contributed by atoms with E-state index in [1.54, 1.807) is 11.0 Å². The maximum Gasteiger partial charge on any atom is 0.270 e. The zero-order valence-electron chi connectivity index (χ0n) is 14.5. The normalized spacial score (nSPS) is 14.7. The van der Waals surface area contributed by atoms with Crippen LogP contribution in [0.5, 0.6) is 5.75 Å². The molecule has 1 aromatic carbocycles. The molecule has 3 rings (SSSR count). The van der Waals surface area contributed by atoms with E-state index < -0.39 is 4.92 Å². The van der Waals surface area contributed by atoms with Crippen molar-refractivity contribution in [3.05, 3.63) is 56.3 Å². The third-order valence-electron chi connectivity index (χ3n) is 4.61. The van der Waals surface area contributed by atoms with Gasteiger partial charge in [-0.25, -0.2) is 0 Å². The minimum atomic E-state index is -0.551. The second kappa shape index (κ2) is 8.17. The van der Waals surface area contributed by atoms with Crippen LogP contribution >= 0.6 is 11.3 Å². The summed E-state index contributed by atoms with van der Waals surface area (Å²) in [6.45, 7) is 1.04. The third kappa shape index (κ3) is 4.43. The molecule has 2 heterocycles. The van der Waals surface area contributed by atoms with Gasteiger partial charge in [-0.3, -0.25) is 19.7 Å². The molecule has 0 radical (unpaired) electrons. The number of carbonyl (C=O) groups excluding carboxylic acids is 2. The molecule has 0 unspecified atom stereocenters. The summed E-state index contributed by atoms with van der Waals surface area (Å²) in [5, 5.41) is 25.2. The smallest absolute Gasteiger partial charge is 0.270 e. The van der Waals surface area contributed by atoms with Crippen LogP contribution in [0.1, 0.15) is 28.1 Å². The van der Waals surface area contributed by atoms with E-state index in [2.05, 4.69) is 5.32 Å². The SMILES string of the molecule is O=C(NCc1cc([N+](=O)[O-])ccc1O)C1CCN(C(=O)c2cccs2)CC1. The average Bonchev–Trinajstić information content (AvgIpc) is 3.21. The van der Waals surface area contributed by atoms with Crippen molar-refractivity contribution in [1.82, 2.24) is 10.2 Å². The van der Waals surface area contributed by atoms with Gasteiger partial charge in [0.25, 0.3) is 11.6 Å². The molecule has 1 aliphatic rings. The lowest BCUT2D eigenvalue weighted by molar-refractivity contribution is -0.384. The Bertz CT molecular complexity index is 845. The van der Waals surface area contributed by atoms with Crippen LogP contribution in [0.4, 0.5) is 5.69 Å². The largest absolute Gasteiger partial charge is 0.508 e. The van der Waals surface area contributed by atoms with Gasteiger partial charge in [0.05, 0.1) is 9.80 Å². The van der Waals surface area contributed by atoms with E-state index >= 15 is 0 Å². The number of rotatable bonds is 5. The van der Waals surface area contributed by atoms with Crippen molar-refractivity contribution in [3.8, 4) is 5.75 Å². The first-order valence-electron chi connectivity index (χ1n) is 8.52. The molecule has 8 nitrogen and oxygen atoms in total. The summed E-state index contributed by atoms with van der Waals surface area (Å²) < 4.78 is 0. The van der Waals surface area contributed by atoms with Gasteiger partial charge >= 0.3 is 0 Å². The number of benzene rings is 1. The predicted octanol–water partition coefficient (Wildman–Crippen LogP) is 2.53. The lowest BCUT2D eigenvalue weighted by Crippen LogP contribution is -2.42. The van der Waals surface area contributed by atoms with Crippen LogP contribution in [0.2, 0.25) is 0 Å². The van der Waals surface area contributed by atoms with Crippen molar-refractivity contribution in [2.45, 2.75) is 19.4 Å². The van der Waals surface area contributed by atoms with Crippen LogP contribution in [-0.2, 0) is 11.3 Å². The minimum absolute atomic E-state index is 0.00891. The second-order valence-electron chi connectivity index (χ2n) is 6.33. The molecule has 1 fully saturated rings. The number of likely N-dealkylation sites (tertiary alicyclic amines) is 1. The van der Waals surface area contributed by atoms with Crippen molar-refractivity contribution in [2.24, 2.45) is 5.92 Å². The molecule has 1 saturated heterocycles. The third-order valence-corrected chi connectivity index (χ3v) is 5.47. The fourth-order valence-corrected chi connectivity index (χ4v) is 3.75. The van der Waals surface area contributed by atoms with Crippen LogP contribution in [0, 0.1) is 16.0 Å². The Kier molecular flexibility index (Phi) is 5.70. The molecule has 0 spiro atoms. The summed E-state index contributed by atoms with van der Waals surface area (Å²) >= 11 is 1.40. The topological polar surface area (TPSA) is 113 Å². The Balaban J connectivity index is 1.52. The number of carbonyl (C=O) groups is 2. The molecule has 0 saturated carbocycles. The van der Waals surface area contributed by atoms with Gasteiger partial charge in [-0.15, -0.1) is 11.3 Å². The van der Waals surface area contributed by atoms with Crippen LogP contribution in [0.25, 0.3) is 0 Å². The van der Waals surface area contributed by atoms with E-state index in [1.807, 2.05) is 11.4 Å². The van der Waals surface area contributed by atoms with E-state index in [-0.39, 0.29) is 35.7 Å². The lowest BCUT2D eigenvalue weighted by atomic mass is 9.95. The van der Waals surface area contributed by atoms with Gasteiger partial charge in [-0.05, 0) is 30.4 Å². The first-order valence-corrected chi connectivity index (χ1v) is 9.40. The van der Waals surface area contributed by atoms with Crippen LogP contribution in [0.15, 0.2) is 35.7 Å². The van der Waals surface area contributed by atoms with Crippen molar-refractivity contribution in [3.63, 3.8) is 0 Å². The number of nitro groups is 1. The molecular formula is C18H19N3O5S. The van der Waals surface area contributed by atoms with Crippen molar-refractivity contribution in [1.29, 1.82) is 0 Å². The number of piperidine rings is 1. The van der Waals surface area contributed by atoms with Crippen molar-refractivity contribution in [2.75, 3.05) is 13.1 Å². The molecule has 0 atom stereocenters. The van der Waals surface area contributed by atoms with Crippen LogP contribution in [-0.4, -0.2) is 39.8 Å². The highest BCUT2D eigenvalue weighted by atomic mass is 32.1. The maximum atomic E-state index is 12.4. The molecule has 2 amide bonds. The number of nitrogens with zero attached hydrogens (tertiary/aromatic N) is 2. The summed E-state index contributed by atoms with van der Waals surface area (Å²) in [6, 6.07) is 7.33. The molecule has 2 N–H and O–H groups in total. The van der Waals surface area contributed by atoms with Gasteiger partial charge in [-0.2, -0.15) is 0 Å². The van der Waals surface area contributed by atoms with E-state index in [9.17, 15) is 24.8 Å². The Hall–Kier alpha value is -2.94. The molecule has 142 valence electrons. The fourth-order valence-electron chi connectivity index (χ4n) is 3.05. The minimum Gasteiger partial charge on any atom is -0.508 e. The number of aromatic hydroxyl groups is 1. The summed E-state index contributed by atoms with van der Waals surface area (Å²) in [5.41, 5.74) is 0.153. The number of hydrogen-bond donors (Lipinski definition) is 2. The predicted molar refractivity (Wildman–Crippen MR) is 99.6 cm³/mol. The lowest BCUT2D eigenvalue weighted by Gasteiger charge is -2.31. The van der Waals surface area contributed by atoms with Crippen LogP contribution < -0.4 is 5.32 Å². The summed E-state index contributed by atoms with van der Waals surface area (Å²) in [4.78, 5) is 37.4. The number of thiophene rings is 1. The quantitative estimate of drug-likeness (QED) is 0.603. The zero-order valence-corrected chi connectivity index (χ0v) is 15.3. The summed E-state index contributed by atoms with van der Waals surface area (Å²) in [7, 11) is 0. The average molecular weight is 389 g/mol. The summed E-state index contributed by atoms with van der Waals surface area (Å²) in [5.74, 6) is -0.509. The summed E-state index contributed by atoms with van der Waals surface area (Å²) in [6.07, 6.45) is 1.12. The van der Waals surface area contributed by atoms with Gasteiger partial charge in [0, 0.05) is 43.2 Å². The highest BCUT2D eigenvalue weighted by Crippen LogP contribution is 2.24. The molecule has 1 aromatic heterocycles. The molecule has 9 heteroatoms. The van der Waals surface area contributed by atoms with Crippen LogP contribution in [0.3, 0.4) is 0 Å². The highest BCUT2D eigenvalue weighted by Gasteiger charge is 2.28. The van der Waals surface area contributed by atoms with E-state index in [4.69, 9.17) is 0 Å². The van der Waals surface area contributed by atoms with Gasteiger partial charge in [0.1, 0.15) is 5.75 Å². The number of nitro benzene ring substituents is 1. The second-order valence-corrected chi connectivity index (χ2v) is 7.28. The first-order chi connectivity index (χ1) is 13.0. The molecule has 2 aromatic rings. The number of phenolic OH excluding ortho intramolecular Hbond substituents is 1. The first kappa shape index (κ1) is 18.8. The molecule has 0 aliphatic carbocycles. The molecule has 1 aliphatic heterocycles. The molecular weight excluding hydrogens is 370 g/mol. The Morgan fingerprint density at radius 1 is 1.30 bits per heavy atom. The standard InChI is InChI=1S/C18H19N3O5S/c22-15-4-3-14(21(25)26)10-13(15)11-19-17(23)12-5-7-20(8-6-12)18(24)16-2-1-9-27-16/h1-4,9-10,12,22H,5-8,11H2,(H,19,23). The van der Waals surface area contributed by atoms with Crippen molar-refractivity contribution < 1.29 is 19.6 Å². The molecule has 27 heavy (non-hydrogen) atoms. The van der Waals surface area contributed by atoms with Gasteiger partial charge < -0.3 is 15.3 Å². The van der Waals surface area contributed by atoms with Crippen molar-refractivity contribution >= 4 is 28.8 Å². The Morgan fingerprint density at radius 2 is 2.04 bits per heavy atom.